The van der Waals surface area contributed by atoms with Gasteiger partial charge in [-0.05, 0) is 25.1 Å². The number of carbonyl (C=O) groups is 1. The number of aromatic nitrogens is 1. The van der Waals surface area contributed by atoms with Gasteiger partial charge in [0.2, 0.25) is 0 Å². The molecule has 7 heteroatoms. The first-order chi connectivity index (χ1) is 12.1. The summed E-state index contributed by atoms with van der Waals surface area (Å²) in [6, 6.07) is 6.74. The largest absolute Gasteiger partial charge is 0.378 e. The summed E-state index contributed by atoms with van der Waals surface area (Å²) < 4.78 is 32.5. The van der Waals surface area contributed by atoms with E-state index in [0.29, 0.717) is 13.2 Å². The van der Waals surface area contributed by atoms with Gasteiger partial charge in [-0.1, -0.05) is 12.1 Å². The van der Waals surface area contributed by atoms with E-state index >= 15 is 0 Å². The van der Waals surface area contributed by atoms with E-state index in [0.717, 1.165) is 24.8 Å². The zero-order valence-corrected chi connectivity index (χ0v) is 13.8. The van der Waals surface area contributed by atoms with Crippen LogP contribution in [0.5, 0.6) is 0 Å². The number of carbonyl (C=O) groups excluding carboxylic acids is 1. The molecule has 0 spiro atoms. The lowest BCUT2D eigenvalue weighted by molar-refractivity contribution is 0.0934. The molecular formula is C18H19F2N3O2. The second-order valence-electron chi connectivity index (χ2n) is 5.84. The van der Waals surface area contributed by atoms with E-state index in [1.165, 1.54) is 12.1 Å². The van der Waals surface area contributed by atoms with Crippen LogP contribution in [-0.2, 0) is 4.74 Å². The molecule has 3 rings (SSSR count). The number of benzene rings is 1. The fraction of sp³-hybridized carbons (Fsp3) is 0.333. The van der Waals surface area contributed by atoms with E-state index in [9.17, 15) is 13.6 Å². The molecule has 132 valence electrons. The van der Waals surface area contributed by atoms with Crippen LogP contribution in [0, 0.1) is 11.6 Å². The van der Waals surface area contributed by atoms with Crippen molar-refractivity contribution in [2.75, 3.05) is 31.2 Å². The van der Waals surface area contributed by atoms with Crippen molar-refractivity contribution in [3.05, 3.63) is 59.4 Å². The fourth-order valence-electron chi connectivity index (χ4n) is 2.77. The molecule has 1 aliphatic rings. The van der Waals surface area contributed by atoms with Crippen LogP contribution in [0.2, 0.25) is 0 Å². The number of morpholine rings is 1. The molecule has 1 N–H and O–H groups in total. The van der Waals surface area contributed by atoms with Crippen LogP contribution >= 0.6 is 0 Å². The Morgan fingerprint density at radius 1 is 1.28 bits per heavy atom. The SMILES string of the molecule is CC(NC(=O)c1cc(N2CCOCC2)ccn1)c1cccc(F)c1F. The minimum Gasteiger partial charge on any atom is -0.378 e. The molecule has 1 saturated heterocycles. The number of amides is 1. The molecule has 1 aromatic heterocycles. The number of anilines is 1. The Morgan fingerprint density at radius 3 is 2.80 bits per heavy atom. The molecule has 2 heterocycles. The van der Waals surface area contributed by atoms with E-state index in [-0.39, 0.29) is 11.3 Å². The van der Waals surface area contributed by atoms with Crippen LogP contribution in [0.25, 0.3) is 0 Å². The Bertz CT molecular complexity index is 764. The first kappa shape index (κ1) is 17.3. The topological polar surface area (TPSA) is 54.5 Å². The molecule has 0 saturated carbocycles. The number of nitrogens with one attached hydrogen (secondary N) is 1. The van der Waals surface area contributed by atoms with E-state index in [2.05, 4.69) is 15.2 Å². The zero-order chi connectivity index (χ0) is 17.8. The van der Waals surface area contributed by atoms with E-state index in [4.69, 9.17) is 4.74 Å². The van der Waals surface area contributed by atoms with Gasteiger partial charge in [0, 0.05) is 30.5 Å². The summed E-state index contributed by atoms with van der Waals surface area (Å²) in [6.45, 7) is 4.37. The highest BCUT2D eigenvalue weighted by molar-refractivity contribution is 5.93. The molecule has 1 aromatic carbocycles. The predicted octanol–water partition coefficient (Wildman–Crippen LogP) is 2.69. The average Bonchev–Trinajstić information content (AvgIpc) is 2.64. The van der Waals surface area contributed by atoms with Gasteiger partial charge >= 0.3 is 0 Å². The van der Waals surface area contributed by atoms with Crippen LogP contribution in [0.3, 0.4) is 0 Å². The van der Waals surface area contributed by atoms with Gasteiger partial charge in [-0.15, -0.1) is 0 Å². The lowest BCUT2D eigenvalue weighted by Crippen LogP contribution is -2.36. The highest BCUT2D eigenvalue weighted by Gasteiger charge is 2.19. The maximum atomic E-state index is 13.9. The van der Waals surface area contributed by atoms with E-state index in [1.54, 1.807) is 19.2 Å². The Labute approximate surface area is 144 Å². The van der Waals surface area contributed by atoms with Crippen molar-refractivity contribution in [3.8, 4) is 0 Å². The molecule has 1 fully saturated rings. The summed E-state index contributed by atoms with van der Waals surface area (Å²) in [5, 5.41) is 2.66. The van der Waals surface area contributed by atoms with Crippen LogP contribution in [0.15, 0.2) is 36.5 Å². The molecular weight excluding hydrogens is 328 g/mol. The van der Waals surface area contributed by atoms with Crippen molar-refractivity contribution in [3.63, 3.8) is 0 Å². The number of pyridine rings is 1. The molecule has 1 aliphatic heterocycles. The maximum absolute atomic E-state index is 13.9. The summed E-state index contributed by atoms with van der Waals surface area (Å²) in [5.74, 6) is -2.33. The number of nitrogens with zero attached hydrogens (tertiary/aromatic N) is 2. The van der Waals surface area contributed by atoms with Crippen molar-refractivity contribution in [1.82, 2.24) is 10.3 Å². The minimum atomic E-state index is -0.953. The van der Waals surface area contributed by atoms with Crippen LogP contribution < -0.4 is 10.2 Å². The quantitative estimate of drug-likeness (QED) is 0.924. The van der Waals surface area contributed by atoms with Crippen molar-refractivity contribution < 1.29 is 18.3 Å². The van der Waals surface area contributed by atoms with Crippen LogP contribution in [0.4, 0.5) is 14.5 Å². The van der Waals surface area contributed by atoms with Crippen molar-refractivity contribution in [1.29, 1.82) is 0 Å². The number of rotatable bonds is 4. The number of ether oxygens (including phenoxy) is 1. The van der Waals surface area contributed by atoms with Gasteiger partial charge in [0.05, 0.1) is 19.3 Å². The third kappa shape index (κ3) is 3.93. The zero-order valence-electron chi connectivity index (χ0n) is 13.8. The summed E-state index contributed by atoms with van der Waals surface area (Å²) in [7, 11) is 0. The molecule has 1 atom stereocenters. The number of hydrogen-bond donors (Lipinski definition) is 1. The second kappa shape index (κ2) is 7.57. The Hall–Kier alpha value is -2.54. The van der Waals surface area contributed by atoms with E-state index in [1.807, 2.05) is 6.07 Å². The predicted molar refractivity (Wildman–Crippen MR) is 89.5 cm³/mol. The Kier molecular flexibility index (Phi) is 5.23. The van der Waals surface area contributed by atoms with Crippen molar-refractivity contribution >= 4 is 11.6 Å². The van der Waals surface area contributed by atoms with Crippen molar-refractivity contribution in [2.24, 2.45) is 0 Å². The van der Waals surface area contributed by atoms with Gasteiger partial charge in [0.1, 0.15) is 5.69 Å². The fourth-order valence-corrected chi connectivity index (χ4v) is 2.77. The molecule has 25 heavy (non-hydrogen) atoms. The highest BCUT2D eigenvalue weighted by atomic mass is 19.2. The van der Waals surface area contributed by atoms with E-state index < -0.39 is 23.6 Å². The lowest BCUT2D eigenvalue weighted by Gasteiger charge is -2.28. The van der Waals surface area contributed by atoms with Gasteiger partial charge in [-0.25, -0.2) is 8.78 Å². The summed E-state index contributed by atoms with van der Waals surface area (Å²) >= 11 is 0. The first-order valence-corrected chi connectivity index (χ1v) is 8.10. The van der Waals surface area contributed by atoms with Gasteiger partial charge in [-0.3, -0.25) is 9.78 Å². The molecule has 1 amide bonds. The highest BCUT2D eigenvalue weighted by Crippen LogP contribution is 2.20. The smallest absolute Gasteiger partial charge is 0.270 e. The molecule has 2 aromatic rings. The second-order valence-corrected chi connectivity index (χ2v) is 5.84. The van der Waals surface area contributed by atoms with Crippen molar-refractivity contribution in [2.45, 2.75) is 13.0 Å². The third-order valence-corrected chi connectivity index (χ3v) is 4.15. The van der Waals surface area contributed by atoms with Gasteiger partial charge < -0.3 is 15.0 Å². The average molecular weight is 347 g/mol. The first-order valence-electron chi connectivity index (χ1n) is 8.10. The summed E-state index contributed by atoms with van der Waals surface area (Å²) in [4.78, 5) is 18.6. The third-order valence-electron chi connectivity index (χ3n) is 4.15. The summed E-state index contributed by atoms with van der Waals surface area (Å²) in [6.07, 6.45) is 1.56. The molecule has 0 radical (unpaired) electrons. The number of halogens is 2. The normalized spacial score (nSPS) is 15.7. The molecule has 0 aliphatic carbocycles. The van der Waals surface area contributed by atoms with Gasteiger partial charge in [0.25, 0.3) is 5.91 Å². The maximum Gasteiger partial charge on any atom is 0.270 e. The molecule has 0 bridgehead atoms. The van der Waals surface area contributed by atoms with Gasteiger partial charge in [0.15, 0.2) is 11.6 Å². The van der Waals surface area contributed by atoms with Crippen LogP contribution in [0.1, 0.15) is 29.0 Å². The van der Waals surface area contributed by atoms with Crippen LogP contribution in [-0.4, -0.2) is 37.2 Å². The Morgan fingerprint density at radius 2 is 2.04 bits per heavy atom. The summed E-state index contributed by atoms with van der Waals surface area (Å²) in [5.41, 5.74) is 1.21. The number of hydrogen-bond acceptors (Lipinski definition) is 4. The molecule has 5 nitrogen and oxygen atoms in total. The minimum absolute atomic E-state index is 0.0951. The Balaban J connectivity index is 1.73. The monoisotopic (exact) mass is 347 g/mol. The lowest BCUT2D eigenvalue weighted by atomic mass is 10.1. The van der Waals surface area contributed by atoms with Gasteiger partial charge in [-0.2, -0.15) is 0 Å². The molecule has 1 unspecified atom stereocenters. The standard InChI is InChI=1S/C18H19F2N3O2/c1-12(14-3-2-4-15(19)17(14)20)22-18(24)16-11-13(5-6-21-16)23-7-9-25-10-8-23/h2-6,11-12H,7-10H2,1H3,(H,22,24).